The lowest BCUT2D eigenvalue weighted by atomic mass is 10.2. The van der Waals surface area contributed by atoms with E-state index in [0.717, 1.165) is 12.1 Å². The molecule has 0 saturated carbocycles. The zero-order valence-electron chi connectivity index (χ0n) is 9.27. The Labute approximate surface area is 102 Å². The number of ether oxygens (including phenoxy) is 1. The predicted octanol–water partition coefficient (Wildman–Crippen LogP) is 2.75. The monoisotopic (exact) mass is 249 g/mol. The molecule has 0 N–H and O–H groups in total. The van der Waals surface area contributed by atoms with Crippen LogP contribution in [0.1, 0.15) is 16.1 Å². The normalized spacial score (nSPS) is 10.1. The molecule has 0 radical (unpaired) electrons. The van der Waals surface area contributed by atoms with Crippen LogP contribution in [0.5, 0.6) is 5.75 Å². The van der Waals surface area contributed by atoms with Crippen molar-refractivity contribution in [1.82, 2.24) is 4.98 Å². The second-order valence-corrected chi connectivity index (χ2v) is 3.57. The van der Waals surface area contributed by atoms with E-state index in [1.165, 1.54) is 18.3 Å². The summed E-state index contributed by atoms with van der Waals surface area (Å²) in [6, 6.07) is 6.64. The van der Waals surface area contributed by atoms with Crippen LogP contribution in [0.3, 0.4) is 0 Å². The average molecular weight is 249 g/mol. The maximum Gasteiger partial charge on any atom is 0.168 e. The van der Waals surface area contributed by atoms with Gasteiger partial charge in [-0.05, 0) is 29.8 Å². The van der Waals surface area contributed by atoms with Crippen molar-refractivity contribution in [1.29, 1.82) is 0 Å². The van der Waals surface area contributed by atoms with E-state index in [1.54, 1.807) is 6.07 Å². The van der Waals surface area contributed by atoms with Gasteiger partial charge in [-0.1, -0.05) is 6.07 Å². The molecule has 1 aromatic heterocycles. The van der Waals surface area contributed by atoms with E-state index >= 15 is 0 Å². The molecular weight excluding hydrogens is 240 g/mol. The Bertz CT molecular complexity index is 555. The van der Waals surface area contributed by atoms with E-state index in [0.29, 0.717) is 23.3 Å². The fraction of sp³-hybridized carbons (Fsp3) is 0.0769. The number of hydrogen-bond acceptors (Lipinski definition) is 3. The number of pyridine rings is 1. The van der Waals surface area contributed by atoms with Crippen LogP contribution in [-0.2, 0) is 6.61 Å². The summed E-state index contributed by atoms with van der Waals surface area (Å²) in [6.45, 7) is 0.0965. The highest BCUT2D eigenvalue weighted by atomic mass is 19.2. The number of nitrogens with zero attached hydrogens (tertiary/aromatic N) is 1. The molecule has 3 nitrogen and oxygen atoms in total. The van der Waals surface area contributed by atoms with Crippen molar-refractivity contribution in [2.75, 3.05) is 0 Å². The predicted molar refractivity (Wildman–Crippen MR) is 60.3 cm³/mol. The van der Waals surface area contributed by atoms with Crippen LogP contribution in [-0.4, -0.2) is 11.3 Å². The molecule has 0 unspecified atom stereocenters. The van der Waals surface area contributed by atoms with E-state index < -0.39 is 11.6 Å². The Morgan fingerprint density at radius 1 is 1.17 bits per heavy atom. The fourth-order valence-electron chi connectivity index (χ4n) is 1.34. The van der Waals surface area contributed by atoms with E-state index in [4.69, 9.17) is 4.74 Å². The van der Waals surface area contributed by atoms with Crippen LogP contribution < -0.4 is 4.74 Å². The summed E-state index contributed by atoms with van der Waals surface area (Å²) in [5.41, 5.74) is 0.809. The summed E-state index contributed by atoms with van der Waals surface area (Å²) in [5, 5.41) is 0. The van der Waals surface area contributed by atoms with Crippen molar-refractivity contribution in [3.05, 3.63) is 59.4 Å². The van der Waals surface area contributed by atoms with Crippen LogP contribution in [0.2, 0.25) is 0 Å². The lowest BCUT2D eigenvalue weighted by Gasteiger charge is -2.06. The first-order chi connectivity index (χ1) is 8.69. The van der Waals surface area contributed by atoms with Gasteiger partial charge in [-0.15, -0.1) is 0 Å². The number of carbonyl (C=O) groups excluding carboxylic acids is 1. The molecule has 2 rings (SSSR count). The smallest absolute Gasteiger partial charge is 0.168 e. The molecule has 5 heteroatoms. The van der Waals surface area contributed by atoms with E-state index in [9.17, 15) is 13.6 Å². The maximum atomic E-state index is 12.9. The van der Waals surface area contributed by atoms with Gasteiger partial charge in [-0.2, -0.15) is 0 Å². The van der Waals surface area contributed by atoms with Crippen LogP contribution >= 0.6 is 0 Å². The van der Waals surface area contributed by atoms with Gasteiger partial charge < -0.3 is 4.74 Å². The highest BCUT2D eigenvalue weighted by Gasteiger charge is 2.03. The molecule has 0 aliphatic rings. The summed E-state index contributed by atoms with van der Waals surface area (Å²) in [5.74, 6) is -1.35. The molecule has 0 aliphatic carbocycles. The highest BCUT2D eigenvalue weighted by molar-refractivity contribution is 5.71. The second kappa shape index (κ2) is 5.35. The minimum Gasteiger partial charge on any atom is -0.487 e. The Morgan fingerprint density at radius 3 is 2.61 bits per heavy atom. The molecule has 0 spiro atoms. The average Bonchev–Trinajstić information content (AvgIpc) is 2.41. The van der Waals surface area contributed by atoms with Crippen LogP contribution in [0.25, 0.3) is 0 Å². The molecule has 92 valence electrons. The van der Waals surface area contributed by atoms with Gasteiger partial charge in [0.25, 0.3) is 0 Å². The third kappa shape index (κ3) is 2.88. The molecule has 0 bridgehead atoms. The number of aldehydes is 1. The van der Waals surface area contributed by atoms with Gasteiger partial charge in [0, 0.05) is 0 Å². The summed E-state index contributed by atoms with van der Waals surface area (Å²) in [6.07, 6.45) is 2.02. The molecule has 1 aromatic carbocycles. The van der Waals surface area contributed by atoms with Crippen LogP contribution in [0.15, 0.2) is 36.5 Å². The number of hydrogen-bond donors (Lipinski definition) is 0. The first-order valence-corrected chi connectivity index (χ1v) is 5.17. The molecule has 0 amide bonds. The molecule has 0 fully saturated rings. The van der Waals surface area contributed by atoms with Crippen molar-refractivity contribution >= 4 is 6.29 Å². The third-order valence-electron chi connectivity index (χ3n) is 2.27. The summed E-state index contributed by atoms with van der Waals surface area (Å²) in [7, 11) is 0. The zero-order chi connectivity index (χ0) is 13.0. The molecule has 2 aromatic rings. The number of carbonyl (C=O) groups is 1. The van der Waals surface area contributed by atoms with Crippen molar-refractivity contribution in [3.63, 3.8) is 0 Å². The van der Waals surface area contributed by atoms with Crippen molar-refractivity contribution in [2.24, 2.45) is 0 Å². The Balaban J connectivity index is 2.01. The maximum absolute atomic E-state index is 12.9. The van der Waals surface area contributed by atoms with Crippen molar-refractivity contribution in [3.8, 4) is 5.75 Å². The summed E-state index contributed by atoms with van der Waals surface area (Å²) < 4.78 is 30.9. The highest BCUT2D eigenvalue weighted by Crippen LogP contribution is 2.13. The third-order valence-corrected chi connectivity index (χ3v) is 2.27. The van der Waals surface area contributed by atoms with Gasteiger partial charge >= 0.3 is 0 Å². The quantitative estimate of drug-likeness (QED) is 0.782. The number of benzene rings is 1. The lowest BCUT2D eigenvalue weighted by molar-refractivity contribution is 0.111. The SMILES string of the molecule is O=Cc1ccc(OCc2ccc(F)c(F)c2)cn1. The number of aromatic nitrogens is 1. The minimum absolute atomic E-state index is 0.0965. The van der Waals surface area contributed by atoms with Gasteiger partial charge in [-0.25, -0.2) is 13.8 Å². The van der Waals surface area contributed by atoms with Crippen LogP contribution in [0, 0.1) is 11.6 Å². The number of halogens is 2. The lowest BCUT2D eigenvalue weighted by Crippen LogP contribution is -1.98. The van der Waals surface area contributed by atoms with Crippen molar-refractivity contribution < 1.29 is 18.3 Å². The second-order valence-electron chi connectivity index (χ2n) is 3.57. The molecule has 1 heterocycles. The largest absolute Gasteiger partial charge is 0.487 e. The topological polar surface area (TPSA) is 39.2 Å². The van der Waals surface area contributed by atoms with Crippen LogP contribution in [0.4, 0.5) is 8.78 Å². The molecule has 0 atom stereocenters. The minimum atomic E-state index is -0.912. The van der Waals surface area contributed by atoms with E-state index in [2.05, 4.69) is 4.98 Å². The first kappa shape index (κ1) is 12.2. The molecule has 0 saturated heterocycles. The van der Waals surface area contributed by atoms with Gasteiger partial charge in [0.1, 0.15) is 18.1 Å². The summed E-state index contributed by atoms with van der Waals surface area (Å²) >= 11 is 0. The number of rotatable bonds is 4. The van der Waals surface area contributed by atoms with Gasteiger partial charge in [-0.3, -0.25) is 4.79 Å². The van der Waals surface area contributed by atoms with Gasteiger partial charge in [0.15, 0.2) is 17.9 Å². The van der Waals surface area contributed by atoms with Crippen molar-refractivity contribution in [2.45, 2.75) is 6.61 Å². The molecule has 18 heavy (non-hydrogen) atoms. The van der Waals surface area contributed by atoms with Gasteiger partial charge in [0.2, 0.25) is 0 Å². The van der Waals surface area contributed by atoms with E-state index in [1.807, 2.05) is 0 Å². The Morgan fingerprint density at radius 2 is 2.00 bits per heavy atom. The Hall–Kier alpha value is -2.30. The molecule has 0 aliphatic heterocycles. The first-order valence-electron chi connectivity index (χ1n) is 5.17. The van der Waals surface area contributed by atoms with E-state index in [-0.39, 0.29) is 6.61 Å². The standard InChI is InChI=1S/C13H9F2NO2/c14-12-4-1-9(5-13(12)15)8-18-11-3-2-10(7-17)16-6-11/h1-7H,8H2. The Kier molecular flexibility index (Phi) is 3.62. The molecular formula is C13H9F2NO2. The summed E-state index contributed by atoms with van der Waals surface area (Å²) in [4.78, 5) is 14.2. The zero-order valence-corrected chi connectivity index (χ0v) is 9.27. The fourth-order valence-corrected chi connectivity index (χ4v) is 1.34. The van der Waals surface area contributed by atoms with Gasteiger partial charge in [0.05, 0.1) is 6.20 Å².